The van der Waals surface area contributed by atoms with Crippen molar-refractivity contribution in [3.8, 4) is 0 Å². The van der Waals surface area contributed by atoms with E-state index in [2.05, 4.69) is 27.3 Å². The molecule has 1 unspecified atom stereocenters. The van der Waals surface area contributed by atoms with E-state index in [4.69, 9.17) is 0 Å². The van der Waals surface area contributed by atoms with Gasteiger partial charge in [0, 0.05) is 6.04 Å². The summed E-state index contributed by atoms with van der Waals surface area (Å²) in [4.78, 5) is 0. The van der Waals surface area contributed by atoms with Crippen LogP contribution in [-0.2, 0) is 0 Å². The van der Waals surface area contributed by atoms with Crippen LogP contribution < -0.4 is 5.32 Å². The predicted octanol–water partition coefficient (Wildman–Crippen LogP) is 3.63. The average Bonchev–Trinajstić information content (AvgIpc) is 2.73. The lowest BCUT2D eigenvalue weighted by Gasteiger charge is -2.16. The van der Waals surface area contributed by atoms with Gasteiger partial charge in [0.1, 0.15) is 5.82 Å². The molecule has 0 spiro atoms. The van der Waals surface area contributed by atoms with E-state index >= 15 is 0 Å². The third-order valence-electron chi connectivity index (χ3n) is 3.11. The van der Waals surface area contributed by atoms with Gasteiger partial charge < -0.3 is 5.32 Å². The molecule has 1 aromatic rings. The number of aryl methyl sites for hydroxylation is 1. The van der Waals surface area contributed by atoms with Crippen LogP contribution in [0.5, 0.6) is 0 Å². The molecule has 3 heteroatoms. The molecule has 1 aromatic carbocycles. The summed E-state index contributed by atoms with van der Waals surface area (Å²) in [6, 6.07) is 2.43. The molecule has 1 atom stereocenters. The standard InChI is InChI=1S/C12H15BrFN/c1-7-6-9(10-4-3-5-15-10)8(2)12(14)11(7)13/h6,10,15H,3-5H2,1-2H3. The first-order valence-corrected chi connectivity index (χ1v) is 6.09. The van der Waals surface area contributed by atoms with Crippen LogP contribution in [0.3, 0.4) is 0 Å². The van der Waals surface area contributed by atoms with Crippen LogP contribution in [0.4, 0.5) is 4.39 Å². The lowest BCUT2D eigenvalue weighted by atomic mass is 9.97. The first-order chi connectivity index (χ1) is 7.11. The average molecular weight is 272 g/mol. The third-order valence-corrected chi connectivity index (χ3v) is 4.08. The van der Waals surface area contributed by atoms with Gasteiger partial charge in [0.15, 0.2) is 0 Å². The van der Waals surface area contributed by atoms with E-state index in [-0.39, 0.29) is 5.82 Å². The van der Waals surface area contributed by atoms with Gasteiger partial charge in [-0.05, 0) is 65.9 Å². The second-order valence-corrected chi connectivity index (χ2v) is 4.98. The van der Waals surface area contributed by atoms with Gasteiger partial charge in [-0.15, -0.1) is 0 Å². The molecule has 0 saturated carbocycles. The van der Waals surface area contributed by atoms with E-state index in [0.717, 1.165) is 29.7 Å². The number of hydrogen-bond donors (Lipinski definition) is 1. The summed E-state index contributed by atoms with van der Waals surface area (Å²) in [5.74, 6) is -0.112. The fourth-order valence-corrected chi connectivity index (χ4v) is 2.59. The Morgan fingerprint density at radius 2 is 2.20 bits per heavy atom. The molecule has 1 N–H and O–H groups in total. The van der Waals surface area contributed by atoms with Crippen molar-refractivity contribution in [3.05, 3.63) is 33.0 Å². The van der Waals surface area contributed by atoms with Crippen LogP contribution in [0.15, 0.2) is 10.5 Å². The zero-order valence-electron chi connectivity index (χ0n) is 9.03. The highest BCUT2D eigenvalue weighted by Gasteiger charge is 2.21. The van der Waals surface area contributed by atoms with Crippen LogP contribution in [0.1, 0.15) is 35.6 Å². The first kappa shape index (κ1) is 11.1. The summed E-state index contributed by atoms with van der Waals surface area (Å²) in [5.41, 5.74) is 2.86. The molecule has 1 nitrogen and oxygen atoms in total. The molecule has 2 rings (SSSR count). The summed E-state index contributed by atoms with van der Waals surface area (Å²) < 4.78 is 14.4. The number of halogens is 2. The van der Waals surface area contributed by atoms with Crippen molar-refractivity contribution in [3.63, 3.8) is 0 Å². The number of nitrogens with one attached hydrogen (secondary N) is 1. The van der Waals surface area contributed by atoms with Gasteiger partial charge in [-0.25, -0.2) is 4.39 Å². The minimum atomic E-state index is -0.112. The van der Waals surface area contributed by atoms with Crippen molar-refractivity contribution in [1.29, 1.82) is 0 Å². The molecule has 82 valence electrons. The summed E-state index contributed by atoms with van der Waals surface area (Å²) >= 11 is 3.28. The Labute approximate surface area is 98.2 Å². The van der Waals surface area contributed by atoms with Gasteiger partial charge in [-0.2, -0.15) is 0 Å². The van der Waals surface area contributed by atoms with Crippen LogP contribution in [0.25, 0.3) is 0 Å². The van der Waals surface area contributed by atoms with Crippen molar-refractivity contribution >= 4 is 15.9 Å². The highest BCUT2D eigenvalue weighted by molar-refractivity contribution is 9.10. The second-order valence-electron chi connectivity index (χ2n) is 4.18. The van der Waals surface area contributed by atoms with Crippen molar-refractivity contribution < 1.29 is 4.39 Å². The fraction of sp³-hybridized carbons (Fsp3) is 0.500. The zero-order chi connectivity index (χ0) is 11.0. The van der Waals surface area contributed by atoms with Gasteiger partial charge in [-0.1, -0.05) is 6.07 Å². The van der Waals surface area contributed by atoms with Crippen molar-refractivity contribution in [2.24, 2.45) is 0 Å². The summed E-state index contributed by atoms with van der Waals surface area (Å²) in [6.45, 7) is 4.83. The molecule has 1 heterocycles. The van der Waals surface area contributed by atoms with Crippen molar-refractivity contribution in [2.75, 3.05) is 6.54 Å². The smallest absolute Gasteiger partial charge is 0.140 e. The quantitative estimate of drug-likeness (QED) is 0.823. The maximum absolute atomic E-state index is 13.8. The molecular formula is C12H15BrFN. The Hall–Kier alpha value is -0.410. The molecule has 1 aliphatic rings. The lowest BCUT2D eigenvalue weighted by molar-refractivity contribution is 0.588. The van der Waals surface area contributed by atoms with Gasteiger partial charge in [0.2, 0.25) is 0 Å². The normalized spacial score (nSPS) is 20.9. The maximum atomic E-state index is 13.8. The van der Waals surface area contributed by atoms with E-state index < -0.39 is 0 Å². The van der Waals surface area contributed by atoms with Gasteiger partial charge in [0.05, 0.1) is 4.47 Å². The minimum Gasteiger partial charge on any atom is -0.310 e. The highest BCUT2D eigenvalue weighted by Crippen LogP contribution is 2.32. The number of hydrogen-bond acceptors (Lipinski definition) is 1. The molecule has 0 amide bonds. The van der Waals surface area contributed by atoms with Crippen LogP contribution in [-0.4, -0.2) is 6.54 Å². The van der Waals surface area contributed by atoms with E-state index in [1.54, 1.807) is 0 Å². The lowest BCUT2D eigenvalue weighted by Crippen LogP contribution is -2.15. The highest BCUT2D eigenvalue weighted by atomic mass is 79.9. The van der Waals surface area contributed by atoms with Gasteiger partial charge in [0.25, 0.3) is 0 Å². The van der Waals surface area contributed by atoms with Gasteiger partial charge >= 0.3 is 0 Å². The largest absolute Gasteiger partial charge is 0.310 e. The Balaban J connectivity index is 2.47. The SMILES string of the molecule is Cc1cc(C2CCCN2)c(C)c(F)c1Br. The monoisotopic (exact) mass is 271 g/mol. The predicted molar refractivity (Wildman–Crippen MR) is 63.6 cm³/mol. The molecule has 1 saturated heterocycles. The van der Waals surface area contributed by atoms with Crippen molar-refractivity contribution in [2.45, 2.75) is 32.7 Å². The summed E-state index contributed by atoms with van der Waals surface area (Å²) in [6.07, 6.45) is 2.29. The molecule has 0 aromatic heterocycles. The second kappa shape index (κ2) is 4.22. The molecular weight excluding hydrogens is 257 g/mol. The van der Waals surface area contributed by atoms with Crippen LogP contribution >= 0.6 is 15.9 Å². The van der Waals surface area contributed by atoms with E-state index in [1.807, 2.05) is 13.8 Å². The van der Waals surface area contributed by atoms with E-state index in [9.17, 15) is 4.39 Å². The zero-order valence-corrected chi connectivity index (χ0v) is 10.6. The molecule has 1 aliphatic heterocycles. The third kappa shape index (κ3) is 1.95. The maximum Gasteiger partial charge on any atom is 0.140 e. The topological polar surface area (TPSA) is 12.0 Å². The molecule has 0 aliphatic carbocycles. The first-order valence-electron chi connectivity index (χ1n) is 5.29. The minimum absolute atomic E-state index is 0.112. The fourth-order valence-electron chi connectivity index (χ4n) is 2.18. The Morgan fingerprint density at radius 1 is 1.47 bits per heavy atom. The van der Waals surface area contributed by atoms with E-state index in [0.29, 0.717) is 10.5 Å². The Morgan fingerprint density at radius 3 is 2.80 bits per heavy atom. The number of rotatable bonds is 1. The Bertz CT molecular complexity index is 384. The van der Waals surface area contributed by atoms with Crippen LogP contribution in [0, 0.1) is 19.7 Å². The summed E-state index contributed by atoms with van der Waals surface area (Å²) in [5, 5.41) is 3.41. The molecule has 0 radical (unpaired) electrons. The molecule has 0 bridgehead atoms. The van der Waals surface area contributed by atoms with Gasteiger partial charge in [-0.3, -0.25) is 0 Å². The molecule has 15 heavy (non-hydrogen) atoms. The van der Waals surface area contributed by atoms with Crippen molar-refractivity contribution in [1.82, 2.24) is 5.32 Å². The van der Waals surface area contributed by atoms with E-state index in [1.165, 1.54) is 6.42 Å². The summed E-state index contributed by atoms with van der Waals surface area (Å²) in [7, 11) is 0. The number of benzene rings is 1. The van der Waals surface area contributed by atoms with Crippen LogP contribution in [0.2, 0.25) is 0 Å². The Kier molecular flexibility index (Phi) is 3.12. The molecule has 1 fully saturated rings.